The van der Waals surface area contributed by atoms with Crippen LogP contribution in [0, 0.1) is 0 Å². The Hall–Kier alpha value is -1.55. The minimum atomic E-state index is -0.409. The molecule has 0 saturated heterocycles. The Morgan fingerprint density at radius 3 is 2.60 bits per heavy atom. The van der Waals surface area contributed by atoms with Crippen molar-refractivity contribution in [1.82, 2.24) is 0 Å². The van der Waals surface area contributed by atoms with Crippen molar-refractivity contribution in [2.45, 2.75) is 13.8 Å². The lowest BCUT2D eigenvalue weighted by atomic mass is 10.2. The summed E-state index contributed by atoms with van der Waals surface area (Å²) >= 11 is 0. The van der Waals surface area contributed by atoms with Crippen LogP contribution in [0.1, 0.15) is 24.2 Å². The zero-order chi connectivity index (χ0) is 11.1. The monoisotopic (exact) mass is 210 g/mol. The molecule has 1 rings (SSSR count). The fraction of sp³-hybridized carbons (Fsp3) is 0.364. The molecule has 0 atom stereocenters. The standard InChI is InChI=1S/C11H14O4/c1-3-13-11(12)9-7-5-6-8-10(9)15-14-4-2/h5-8H,3-4H2,1-2H3. The fourth-order valence-electron chi connectivity index (χ4n) is 1.04. The quantitative estimate of drug-likeness (QED) is 0.424. The van der Waals surface area contributed by atoms with E-state index in [1.807, 2.05) is 0 Å². The van der Waals surface area contributed by atoms with E-state index in [-0.39, 0.29) is 0 Å². The second-order valence-corrected chi connectivity index (χ2v) is 2.71. The van der Waals surface area contributed by atoms with Crippen LogP contribution >= 0.6 is 0 Å². The molecule has 0 heterocycles. The summed E-state index contributed by atoms with van der Waals surface area (Å²) in [6, 6.07) is 6.79. The third-order valence-electron chi connectivity index (χ3n) is 1.65. The Morgan fingerprint density at radius 1 is 1.20 bits per heavy atom. The average molecular weight is 210 g/mol. The normalized spacial score (nSPS) is 9.73. The van der Waals surface area contributed by atoms with Gasteiger partial charge in [-0.3, -0.25) is 0 Å². The molecule has 82 valence electrons. The molecule has 4 heteroatoms. The molecular formula is C11H14O4. The number of ether oxygens (including phenoxy) is 1. The molecule has 1 aromatic rings. The van der Waals surface area contributed by atoms with Gasteiger partial charge in [-0.05, 0) is 26.0 Å². The number of carbonyl (C=O) groups is 1. The topological polar surface area (TPSA) is 44.8 Å². The molecular weight excluding hydrogens is 196 g/mol. The number of hydrogen-bond acceptors (Lipinski definition) is 4. The van der Waals surface area contributed by atoms with E-state index in [0.717, 1.165) is 0 Å². The van der Waals surface area contributed by atoms with Gasteiger partial charge in [0.05, 0.1) is 13.2 Å². The number of rotatable bonds is 5. The van der Waals surface area contributed by atoms with Gasteiger partial charge in [0.15, 0.2) is 5.75 Å². The van der Waals surface area contributed by atoms with Gasteiger partial charge in [0.2, 0.25) is 0 Å². The number of hydrogen-bond donors (Lipinski definition) is 0. The first-order valence-electron chi connectivity index (χ1n) is 4.85. The van der Waals surface area contributed by atoms with E-state index in [1.165, 1.54) is 0 Å². The summed E-state index contributed by atoms with van der Waals surface area (Å²) in [5.41, 5.74) is 0.368. The molecule has 0 fully saturated rings. The van der Waals surface area contributed by atoms with Crippen LogP contribution in [0.4, 0.5) is 0 Å². The molecule has 4 nitrogen and oxygen atoms in total. The highest BCUT2D eigenvalue weighted by Gasteiger charge is 2.13. The molecule has 15 heavy (non-hydrogen) atoms. The SMILES string of the molecule is CCOOc1ccccc1C(=O)OCC. The van der Waals surface area contributed by atoms with Crippen LogP contribution in [0.2, 0.25) is 0 Å². The summed E-state index contributed by atoms with van der Waals surface area (Å²) in [5, 5.41) is 0. The molecule has 0 aromatic heterocycles. The van der Waals surface area contributed by atoms with Gasteiger partial charge in [-0.25, -0.2) is 4.79 Å². The van der Waals surface area contributed by atoms with Crippen molar-refractivity contribution in [2.24, 2.45) is 0 Å². The fourth-order valence-corrected chi connectivity index (χ4v) is 1.04. The number of esters is 1. The van der Waals surface area contributed by atoms with E-state index >= 15 is 0 Å². The maximum atomic E-state index is 11.5. The van der Waals surface area contributed by atoms with Crippen LogP contribution in [0.3, 0.4) is 0 Å². The predicted molar refractivity (Wildman–Crippen MR) is 54.7 cm³/mol. The van der Waals surface area contributed by atoms with Crippen molar-refractivity contribution in [3.8, 4) is 5.75 Å². The molecule has 0 spiro atoms. The largest absolute Gasteiger partial charge is 0.462 e. The van der Waals surface area contributed by atoms with E-state index in [2.05, 4.69) is 0 Å². The van der Waals surface area contributed by atoms with Crippen molar-refractivity contribution in [3.05, 3.63) is 29.8 Å². The summed E-state index contributed by atoms with van der Waals surface area (Å²) in [6.45, 7) is 4.30. The summed E-state index contributed by atoms with van der Waals surface area (Å²) in [4.78, 5) is 21.2. The third-order valence-corrected chi connectivity index (χ3v) is 1.65. The lowest BCUT2D eigenvalue weighted by Crippen LogP contribution is -2.08. The minimum Gasteiger partial charge on any atom is -0.462 e. The molecule has 0 aliphatic heterocycles. The van der Waals surface area contributed by atoms with Gasteiger partial charge in [-0.2, -0.15) is 4.89 Å². The van der Waals surface area contributed by atoms with Gasteiger partial charge >= 0.3 is 5.97 Å². The molecule has 0 N–H and O–H groups in total. The van der Waals surface area contributed by atoms with Crippen molar-refractivity contribution in [3.63, 3.8) is 0 Å². The number of carbonyl (C=O) groups excluding carboxylic acids is 1. The van der Waals surface area contributed by atoms with Crippen LogP contribution in [-0.4, -0.2) is 19.2 Å². The second kappa shape index (κ2) is 6.03. The van der Waals surface area contributed by atoms with Gasteiger partial charge in [0.1, 0.15) is 5.56 Å². The van der Waals surface area contributed by atoms with Crippen molar-refractivity contribution >= 4 is 5.97 Å². The molecule has 0 saturated carbocycles. The summed E-state index contributed by atoms with van der Waals surface area (Å²) in [5.74, 6) is -0.0365. The van der Waals surface area contributed by atoms with Crippen molar-refractivity contribution < 1.29 is 19.3 Å². The molecule has 0 radical (unpaired) electrons. The molecule has 1 aromatic carbocycles. The van der Waals surface area contributed by atoms with Crippen molar-refractivity contribution in [1.29, 1.82) is 0 Å². The molecule has 0 aliphatic rings. The van der Waals surface area contributed by atoms with E-state index in [4.69, 9.17) is 14.5 Å². The van der Waals surface area contributed by atoms with Crippen LogP contribution in [0.25, 0.3) is 0 Å². The molecule has 0 aliphatic carbocycles. The maximum absolute atomic E-state index is 11.5. The Morgan fingerprint density at radius 2 is 1.93 bits per heavy atom. The Kier molecular flexibility index (Phi) is 4.63. The Labute approximate surface area is 88.7 Å². The van der Waals surface area contributed by atoms with Crippen LogP contribution in [0.5, 0.6) is 5.75 Å². The highest BCUT2D eigenvalue weighted by molar-refractivity contribution is 5.92. The highest BCUT2D eigenvalue weighted by Crippen LogP contribution is 2.19. The van der Waals surface area contributed by atoms with E-state index in [9.17, 15) is 4.79 Å². The summed E-state index contributed by atoms with van der Waals surface area (Å²) in [7, 11) is 0. The smallest absolute Gasteiger partial charge is 0.342 e. The number of benzene rings is 1. The van der Waals surface area contributed by atoms with E-state index in [0.29, 0.717) is 24.5 Å². The first kappa shape index (κ1) is 11.5. The van der Waals surface area contributed by atoms with Crippen molar-refractivity contribution in [2.75, 3.05) is 13.2 Å². The van der Waals surface area contributed by atoms with Crippen LogP contribution in [0.15, 0.2) is 24.3 Å². The van der Waals surface area contributed by atoms with Gasteiger partial charge in [0.25, 0.3) is 0 Å². The minimum absolute atomic E-state index is 0.335. The zero-order valence-corrected chi connectivity index (χ0v) is 8.86. The van der Waals surface area contributed by atoms with Gasteiger partial charge < -0.3 is 9.62 Å². The zero-order valence-electron chi connectivity index (χ0n) is 8.86. The van der Waals surface area contributed by atoms with Gasteiger partial charge in [-0.15, -0.1) is 0 Å². The predicted octanol–water partition coefficient (Wildman–Crippen LogP) is 2.19. The average Bonchev–Trinajstić information content (AvgIpc) is 2.27. The summed E-state index contributed by atoms with van der Waals surface area (Å²) in [6.07, 6.45) is 0. The van der Waals surface area contributed by atoms with Gasteiger partial charge in [0, 0.05) is 0 Å². The van der Waals surface area contributed by atoms with Crippen LogP contribution in [-0.2, 0) is 9.62 Å². The highest BCUT2D eigenvalue weighted by atomic mass is 17.2. The van der Waals surface area contributed by atoms with E-state index < -0.39 is 5.97 Å². The molecule has 0 amide bonds. The lowest BCUT2D eigenvalue weighted by molar-refractivity contribution is -0.202. The second-order valence-electron chi connectivity index (χ2n) is 2.71. The Bertz CT molecular complexity index is 322. The first-order chi connectivity index (χ1) is 7.29. The van der Waals surface area contributed by atoms with E-state index in [1.54, 1.807) is 38.1 Å². The third kappa shape index (κ3) is 3.25. The van der Waals surface area contributed by atoms with Crippen LogP contribution < -0.4 is 4.89 Å². The maximum Gasteiger partial charge on any atom is 0.342 e. The molecule has 0 unspecified atom stereocenters. The van der Waals surface area contributed by atoms with Gasteiger partial charge in [-0.1, -0.05) is 12.1 Å². The number of para-hydroxylation sites is 1. The molecule has 0 bridgehead atoms. The first-order valence-corrected chi connectivity index (χ1v) is 4.85. The summed E-state index contributed by atoms with van der Waals surface area (Å²) < 4.78 is 4.87. The Balaban J connectivity index is 2.80. The lowest BCUT2D eigenvalue weighted by Gasteiger charge is -2.07.